The summed E-state index contributed by atoms with van der Waals surface area (Å²) in [5.41, 5.74) is 0. The molecule has 6 heavy (non-hydrogen) atoms. The molecule has 0 spiro atoms. The predicted octanol–water partition coefficient (Wildman–Crippen LogP) is -15.4. The predicted molar refractivity (Wildman–Crippen MR) is 5.75 cm³/mol. The summed E-state index contributed by atoms with van der Waals surface area (Å²) in [5, 5.41) is 0. The van der Waals surface area contributed by atoms with Gasteiger partial charge in [-0.3, -0.25) is 0 Å². The fourth-order valence-electron chi connectivity index (χ4n) is 0. The summed E-state index contributed by atoms with van der Waals surface area (Å²) < 4.78 is 0. The quantitative estimate of drug-likeness (QED) is 0.382. The molecular weight excluding hydrogens is 266 g/mol. The van der Waals surface area contributed by atoms with Crippen LogP contribution in [0.1, 0.15) is 0 Å². The van der Waals surface area contributed by atoms with Gasteiger partial charge in [-0.2, -0.15) is 0 Å². The largest absolute Gasteiger partial charge is 1.00 e. The maximum atomic E-state index is 0. The summed E-state index contributed by atoms with van der Waals surface area (Å²) in [7, 11) is 0. The van der Waals surface area contributed by atoms with Gasteiger partial charge in [0.2, 0.25) is 0 Å². The van der Waals surface area contributed by atoms with Gasteiger partial charge in [0, 0.05) is 24.4 Å². The van der Waals surface area contributed by atoms with Crippen molar-refractivity contribution in [2.75, 3.05) is 0 Å². The topological polar surface area (TPSA) is 0 Å². The van der Waals surface area contributed by atoms with Gasteiger partial charge in [-0.25, -0.2) is 0 Å². The van der Waals surface area contributed by atoms with Crippen LogP contribution in [0.3, 0.4) is 0 Å². The van der Waals surface area contributed by atoms with Crippen molar-refractivity contribution >= 4 is 24.4 Å². The molecule has 0 amide bonds. The fraction of sp³-hybridized carbons (Fsp3) is 0. The molecule has 6 heteroatoms. The van der Waals surface area contributed by atoms with Crippen LogP contribution in [-0.2, 0) is 0 Å². The van der Waals surface area contributed by atoms with Crippen LogP contribution >= 0.6 is 0 Å². The first-order valence-electron chi connectivity index (χ1n) is 0. The number of halogens is 5. The Kier molecular flexibility index (Phi) is 1890. The van der Waals surface area contributed by atoms with Crippen LogP contribution < -0.4 is 46.6 Å². The van der Waals surface area contributed by atoms with E-state index < -0.39 is 0 Å². The average Bonchev–Trinajstić information content (AvgIpc) is 0. The molecule has 0 heterocycles. The minimum absolute atomic E-state index is 0. The zero-order valence-electron chi connectivity index (χ0n) is 2.34. The molecule has 0 rings (SSSR count). The Morgan fingerprint density at radius 1 is 0.500 bits per heavy atom. The Balaban J connectivity index is 0. The van der Waals surface area contributed by atoms with Gasteiger partial charge < -0.3 is 46.6 Å². The first-order chi connectivity index (χ1) is 0. The van der Waals surface area contributed by atoms with Crippen LogP contribution in [-0.4, -0.2) is 24.4 Å². The van der Waals surface area contributed by atoms with Gasteiger partial charge in [0.25, 0.3) is 0 Å². The molecule has 0 aliphatic carbocycles. The average molecular weight is 266 g/mol. The van der Waals surface area contributed by atoms with E-state index in [9.17, 15) is 0 Å². The van der Waals surface area contributed by atoms with Crippen molar-refractivity contribution in [3.05, 3.63) is 0 Å². The Hall–Kier alpha value is 1.55. The maximum Gasteiger partial charge on any atom is 0 e. The first kappa shape index (κ1) is 135. The summed E-state index contributed by atoms with van der Waals surface area (Å²) in [4.78, 5) is 0. The van der Waals surface area contributed by atoms with Crippen molar-refractivity contribution in [1.82, 2.24) is 0 Å². The molecule has 0 saturated heterocycles. The minimum Gasteiger partial charge on any atom is -1.00 e. The molecule has 0 aliphatic rings. The molecule has 0 bridgehead atoms. The molecule has 0 saturated carbocycles. The second-order valence-electron chi connectivity index (χ2n) is 0. The molecule has 0 atom stereocenters. The van der Waals surface area contributed by atoms with Gasteiger partial charge in [0.05, 0.1) is 0 Å². The first-order valence-corrected chi connectivity index (χ1v) is 0. The zero-order chi connectivity index (χ0) is 0. The van der Waals surface area contributed by atoms with Gasteiger partial charge in [0.1, 0.15) is 0 Å². The molecule has 0 aromatic carbocycles. The number of rotatable bonds is 0. The molecule has 0 unspecified atom stereocenters. The van der Waals surface area contributed by atoms with Crippen LogP contribution in [0.4, 0.5) is 0 Å². The second kappa shape index (κ2) is 84.1. The van der Waals surface area contributed by atoms with E-state index in [0.717, 1.165) is 0 Å². The molecule has 0 nitrogen and oxygen atoms in total. The van der Waals surface area contributed by atoms with Gasteiger partial charge in [-0.1, -0.05) is 0 Å². The Morgan fingerprint density at radius 2 is 0.500 bits per heavy atom. The molecule has 0 fully saturated rings. The smallest absolute Gasteiger partial charge is 0 e. The van der Waals surface area contributed by atoms with E-state index in [4.69, 9.17) is 0 Å². The van der Waals surface area contributed by atoms with Gasteiger partial charge >= 0.3 is 0 Å². The number of hydrogen-bond acceptors (Lipinski definition) is 0. The van der Waals surface area contributed by atoms with Gasteiger partial charge in [-0.05, 0) is 0 Å². The van der Waals surface area contributed by atoms with Crippen LogP contribution in [0.25, 0.3) is 0 Å². The molecule has 0 aromatic heterocycles. The third kappa shape index (κ3) is 47.9. The molecule has 45 valence electrons. The van der Waals surface area contributed by atoms with E-state index in [-0.39, 0.29) is 71.1 Å². The van der Waals surface area contributed by atoms with E-state index in [0.29, 0.717) is 0 Å². The summed E-state index contributed by atoms with van der Waals surface area (Å²) in [6, 6.07) is 0. The molecule has 3 radical (unpaired) electrons. The van der Waals surface area contributed by atoms with Crippen LogP contribution in [0.2, 0.25) is 0 Å². The van der Waals surface area contributed by atoms with Crippen LogP contribution in [0.15, 0.2) is 0 Å². The third-order valence-corrected chi connectivity index (χ3v) is 0. The van der Waals surface area contributed by atoms with Crippen molar-refractivity contribution in [1.29, 1.82) is 0 Å². The van der Waals surface area contributed by atoms with Crippen molar-refractivity contribution in [3.8, 4) is 0 Å². The summed E-state index contributed by atoms with van der Waals surface area (Å²) in [6.45, 7) is 0. The van der Waals surface area contributed by atoms with Crippen LogP contribution in [0, 0.1) is 0 Å². The maximum absolute atomic E-state index is 0. The Labute approximate surface area is 70.9 Å². The van der Waals surface area contributed by atoms with E-state index in [1.165, 1.54) is 0 Å². The van der Waals surface area contributed by atoms with Crippen molar-refractivity contribution in [2.45, 2.75) is 0 Å². The molecule has 0 N–H and O–H groups in total. The Bertz CT molecular complexity index is 8.75. The van der Waals surface area contributed by atoms with Crippen molar-refractivity contribution in [2.24, 2.45) is 0 Å². The number of hydrogen-bond donors (Lipinski definition) is 0. The second-order valence-corrected chi connectivity index (χ2v) is 0. The molecular formula is Cl3F2Sb-5. The minimum atomic E-state index is 0. The fourth-order valence-corrected chi connectivity index (χ4v) is 0. The molecule has 0 aromatic rings. The van der Waals surface area contributed by atoms with E-state index in [1.807, 2.05) is 0 Å². The van der Waals surface area contributed by atoms with Gasteiger partial charge in [0.15, 0.2) is 0 Å². The van der Waals surface area contributed by atoms with Gasteiger partial charge in [-0.15, -0.1) is 0 Å². The van der Waals surface area contributed by atoms with E-state index >= 15 is 0 Å². The SMILES string of the molecule is [Cl-].[Cl-].[Cl-].[F-].[F-].[Sb]. The van der Waals surface area contributed by atoms with Crippen LogP contribution in [0.5, 0.6) is 0 Å². The third-order valence-electron chi connectivity index (χ3n) is 0. The summed E-state index contributed by atoms with van der Waals surface area (Å²) in [6.07, 6.45) is 0. The van der Waals surface area contributed by atoms with Crippen molar-refractivity contribution < 1.29 is 46.6 Å². The van der Waals surface area contributed by atoms with E-state index in [1.54, 1.807) is 0 Å². The van der Waals surface area contributed by atoms with Crippen molar-refractivity contribution in [3.63, 3.8) is 0 Å². The standard InChI is InChI=1S/3ClH.2FH.Sb/h5*1H;/p-5. The Morgan fingerprint density at radius 3 is 0.500 bits per heavy atom. The zero-order valence-corrected chi connectivity index (χ0v) is 7.16. The van der Waals surface area contributed by atoms with E-state index in [2.05, 4.69) is 0 Å². The molecule has 0 aliphatic heterocycles. The monoisotopic (exact) mass is 264 g/mol. The normalized spacial score (nSPS) is 0. The summed E-state index contributed by atoms with van der Waals surface area (Å²) >= 11 is 0. The summed E-state index contributed by atoms with van der Waals surface area (Å²) in [5.74, 6) is 0.